The van der Waals surface area contributed by atoms with Crippen molar-refractivity contribution in [2.45, 2.75) is 25.7 Å². The van der Waals surface area contributed by atoms with Gasteiger partial charge in [-0.1, -0.05) is 23.2 Å². The first-order valence-electron chi connectivity index (χ1n) is 11.1. The maximum Gasteiger partial charge on any atom is 0.227 e. The molecule has 3 rings (SSSR count). The zero-order valence-corrected chi connectivity index (χ0v) is 20.7. The van der Waals surface area contributed by atoms with Crippen LogP contribution in [0.5, 0.6) is 11.5 Å². The number of methoxy groups -OCH3 is 2. The highest BCUT2D eigenvalue weighted by Crippen LogP contribution is 2.33. The summed E-state index contributed by atoms with van der Waals surface area (Å²) in [6, 6.07) is 7.47. The molecule has 1 amide bonds. The van der Waals surface area contributed by atoms with Crippen LogP contribution in [0, 0.1) is 0 Å². The van der Waals surface area contributed by atoms with Crippen LogP contribution in [0.3, 0.4) is 0 Å². The number of nitrogens with two attached hydrogens (primary N) is 1. The Morgan fingerprint density at radius 3 is 2.27 bits per heavy atom. The van der Waals surface area contributed by atoms with E-state index in [0.717, 1.165) is 68.8 Å². The minimum atomic E-state index is 0.158. The van der Waals surface area contributed by atoms with Gasteiger partial charge in [0.1, 0.15) is 0 Å². The Morgan fingerprint density at radius 1 is 0.970 bits per heavy atom. The van der Waals surface area contributed by atoms with Crippen molar-refractivity contribution in [1.82, 2.24) is 10.2 Å². The van der Waals surface area contributed by atoms with Gasteiger partial charge in [-0.15, -0.1) is 0 Å². The Kier molecular flexibility index (Phi) is 9.35. The highest BCUT2D eigenvalue weighted by Gasteiger charge is 2.22. The summed E-state index contributed by atoms with van der Waals surface area (Å²) in [5, 5.41) is 7.64. The molecule has 0 fully saturated rings. The molecule has 4 N–H and O–H groups in total. The highest BCUT2D eigenvalue weighted by atomic mass is 35.5. The van der Waals surface area contributed by atoms with Gasteiger partial charge in [-0.25, -0.2) is 0 Å². The predicted octanol–water partition coefficient (Wildman–Crippen LogP) is 4.00. The van der Waals surface area contributed by atoms with Gasteiger partial charge in [0.25, 0.3) is 0 Å². The van der Waals surface area contributed by atoms with Crippen LogP contribution in [0.15, 0.2) is 24.3 Å². The van der Waals surface area contributed by atoms with Crippen molar-refractivity contribution in [3.05, 3.63) is 45.4 Å². The smallest absolute Gasteiger partial charge is 0.227 e. The molecule has 7 nitrogen and oxygen atoms in total. The van der Waals surface area contributed by atoms with E-state index in [0.29, 0.717) is 33.7 Å². The quantitative estimate of drug-likeness (QED) is 0.323. The normalized spacial score (nSPS) is 13.5. The lowest BCUT2D eigenvalue weighted by molar-refractivity contribution is -0.130. The molecule has 0 bridgehead atoms. The number of amides is 1. The molecule has 0 unspecified atom stereocenters. The molecule has 0 radical (unpaired) electrons. The first-order valence-corrected chi connectivity index (χ1v) is 11.9. The minimum absolute atomic E-state index is 0.158. The van der Waals surface area contributed by atoms with E-state index >= 15 is 0 Å². The Bertz CT molecular complexity index is 948. The molecule has 1 aliphatic rings. The van der Waals surface area contributed by atoms with Gasteiger partial charge in [0.2, 0.25) is 5.91 Å². The monoisotopic (exact) mass is 494 g/mol. The molecule has 1 heterocycles. The van der Waals surface area contributed by atoms with E-state index in [-0.39, 0.29) is 5.91 Å². The molecule has 2 aromatic rings. The van der Waals surface area contributed by atoms with E-state index in [2.05, 4.69) is 10.6 Å². The van der Waals surface area contributed by atoms with E-state index < -0.39 is 0 Å². The topological polar surface area (TPSA) is 88.9 Å². The zero-order chi connectivity index (χ0) is 23.8. The second-order valence-corrected chi connectivity index (χ2v) is 8.84. The Labute approximate surface area is 205 Å². The van der Waals surface area contributed by atoms with E-state index in [1.807, 2.05) is 17.0 Å². The second kappa shape index (κ2) is 12.2. The van der Waals surface area contributed by atoms with Gasteiger partial charge in [-0.05, 0) is 67.7 Å². The van der Waals surface area contributed by atoms with Crippen molar-refractivity contribution in [1.29, 1.82) is 0 Å². The van der Waals surface area contributed by atoms with Gasteiger partial charge < -0.3 is 30.7 Å². The van der Waals surface area contributed by atoms with Crippen LogP contribution in [0.4, 0.5) is 11.4 Å². The van der Waals surface area contributed by atoms with Crippen molar-refractivity contribution < 1.29 is 14.3 Å². The van der Waals surface area contributed by atoms with Gasteiger partial charge in [-0.2, -0.15) is 0 Å². The Morgan fingerprint density at radius 2 is 1.61 bits per heavy atom. The summed E-state index contributed by atoms with van der Waals surface area (Å²) in [5.74, 6) is 1.53. The average molecular weight is 495 g/mol. The van der Waals surface area contributed by atoms with Crippen molar-refractivity contribution >= 4 is 40.5 Å². The van der Waals surface area contributed by atoms with Crippen LogP contribution in [0.2, 0.25) is 10.0 Å². The summed E-state index contributed by atoms with van der Waals surface area (Å²) >= 11 is 12.1. The number of halogens is 2. The number of nitrogens with one attached hydrogen (secondary N) is 2. The number of nitrogen functional groups attached to an aromatic ring is 1. The number of carbonyl (C=O) groups excluding carboxylic acids is 1. The number of anilines is 2. The predicted molar refractivity (Wildman–Crippen MR) is 135 cm³/mol. The number of carbonyl (C=O) groups is 1. The van der Waals surface area contributed by atoms with E-state index in [1.165, 1.54) is 0 Å². The van der Waals surface area contributed by atoms with Crippen LogP contribution in [-0.4, -0.2) is 57.8 Å². The lowest BCUT2D eigenvalue weighted by Crippen LogP contribution is -2.34. The first kappa shape index (κ1) is 25.3. The van der Waals surface area contributed by atoms with Crippen molar-refractivity contribution in [3.8, 4) is 11.5 Å². The van der Waals surface area contributed by atoms with Crippen molar-refractivity contribution in [2.24, 2.45) is 0 Å². The summed E-state index contributed by atoms with van der Waals surface area (Å²) < 4.78 is 10.8. The molecule has 0 aromatic heterocycles. The largest absolute Gasteiger partial charge is 0.493 e. The molecular weight excluding hydrogens is 463 g/mol. The molecule has 0 spiro atoms. The van der Waals surface area contributed by atoms with Crippen LogP contribution < -0.4 is 25.8 Å². The van der Waals surface area contributed by atoms with Crippen molar-refractivity contribution in [3.63, 3.8) is 0 Å². The summed E-state index contributed by atoms with van der Waals surface area (Å²) in [5.41, 5.74) is 9.18. The van der Waals surface area contributed by atoms with Crippen LogP contribution in [0.1, 0.15) is 24.0 Å². The molecule has 0 aliphatic carbocycles. The fraction of sp³-hybridized carbons (Fsp3) is 0.458. The fourth-order valence-corrected chi connectivity index (χ4v) is 4.39. The summed E-state index contributed by atoms with van der Waals surface area (Å²) in [7, 11) is 3.24. The van der Waals surface area contributed by atoms with Gasteiger partial charge in [0, 0.05) is 25.3 Å². The molecular formula is C24H32Cl2N4O3. The molecule has 0 atom stereocenters. The molecule has 9 heteroatoms. The number of hydrogen-bond donors (Lipinski definition) is 3. The summed E-state index contributed by atoms with van der Waals surface area (Å²) in [6.45, 7) is 3.99. The third-order valence-corrected chi connectivity index (χ3v) is 6.40. The van der Waals surface area contributed by atoms with Gasteiger partial charge in [-0.3, -0.25) is 4.79 Å². The van der Waals surface area contributed by atoms with Crippen LogP contribution >= 0.6 is 23.2 Å². The summed E-state index contributed by atoms with van der Waals surface area (Å²) in [6.07, 6.45) is 3.07. The van der Waals surface area contributed by atoms with Crippen molar-refractivity contribution in [2.75, 3.05) is 58.0 Å². The van der Waals surface area contributed by atoms with Gasteiger partial charge >= 0.3 is 0 Å². The lowest BCUT2D eigenvalue weighted by atomic mass is 10.0. The van der Waals surface area contributed by atoms with E-state index in [4.69, 9.17) is 38.4 Å². The molecule has 0 saturated heterocycles. The Hall–Kier alpha value is -2.35. The third kappa shape index (κ3) is 6.82. The van der Waals surface area contributed by atoms with Gasteiger partial charge in [0.15, 0.2) is 11.5 Å². The summed E-state index contributed by atoms with van der Waals surface area (Å²) in [4.78, 5) is 14.7. The molecule has 180 valence electrons. The number of rotatable bonds is 11. The number of benzene rings is 2. The third-order valence-electron chi connectivity index (χ3n) is 5.77. The second-order valence-electron chi connectivity index (χ2n) is 8.02. The number of ether oxygens (including phenoxy) is 2. The number of fused-ring (bicyclic) bond motifs is 1. The Balaban J connectivity index is 1.35. The maximum absolute atomic E-state index is 12.7. The first-order chi connectivity index (χ1) is 15.9. The SMILES string of the molecule is COc1cc2c(cc1OC)CC(=O)N(CCCNCCCNc1cc(Cl)c(N)c(Cl)c1)CC2. The van der Waals surface area contributed by atoms with Crippen LogP contribution in [-0.2, 0) is 17.6 Å². The lowest BCUT2D eigenvalue weighted by Gasteiger charge is -2.20. The fourth-order valence-electron chi connectivity index (χ4n) is 3.90. The van der Waals surface area contributed by atoms with E-state index in [1.54, 1.807) is 26.4 Å². The molecule has 33 heavy (non-hydrogen) atoms. The minimum Gasteiger partial charge on any atom is -0.493 e. The average Bonchev–Trinajstić information content (AvgIpc) is 2.95. The maximum atomic E-state index is 12.7. The van der Waals surface area contributed by atoms with Gasteiger partial charge in [0.05, 0.1) is 36.4 Å². The highest BCUT2D eigenvalue weighted by molar-refractivity contribution is 6.39. The van der Waals surface area contributed by atoms with E-state index in [9.17, 15) is 4.79 Å². The molecule has 2 aromatic carbocycles. The molecule has 0 saturated carbocycles. The van der Waals surface area contributed by atoms with Crippen LogP contribution in [0.25, 0.3) is 0 Å². The standard InChI is InChI=1S/C24H32Cl2N4O3/c1-32-21-11-16-5-10-30(23(31)13-17(16)12-22(21)33-2)9-4-7-28-6-3-8-29-18-14-19(25)24(27)20(26)15-18/h11-12,14-15,28-29H,3-10,13,27H2,1-2H3. The number of nitrogens with zero attached hydrogens (tertiary/aromatic N) is 1. The zero-order valence-electron chi connectivity index (χ0n) is 19.2. The molecule has 1 aliphatic heterocycles. The number of hydrogen-bond acceptors (Lipinski definition) is 6.